The minimum atomic E-state index is -3.64. The van der Waals surface area contributed by atoms with Gasteiger partial charge in [-0.1, -0.05) is 17.7 Å². The molecular formula is C16H16FNO2S. The van der Waals surface area contributed by atoms with Crippen molar-refractivity contribution in [1.29, 1.82) is 0 Å². The third-order valence-corrected chi connectivity index (χ3v) is 5.54. The van der Waals surface area contributed by atoms with Crippen molar-refractivity contribution in [3.8, 4) is 0 Å². The first-order valence-corrected chi connectivity index (χ1v) is 8.30. The molecule has 110 valence electrons. The largest absolute Gasteiger partial charge is 0.266 e. The van der Waals surface area contributed by atoms with Gasteiger partial charge in [0.05, 0.1) is 10.6 Å². The van der Waals surface area contributed by atoms with E-state index in [-0.39, 0.29) is 4.90 Å². The van der Waals surface area contributed by atoms with Crippen molar-refractivity contribution in [2.75, 3.05) is 10.8 Å². The number of nitrogens with zero attached hydrogens (tertiary/aromatic N) is 1. The van der Waals surface area contributed by atoms with Crippen LogP contribution in [-0.4, -0.2) is 15.0 Å². The van der Waals surface area contributed by atoms with Gasteiger partial charge in [0.2, 0.25) is 0 Å². The normalized spacial score (nSPS) is 14.9. The Hall–Kier alpha value is -1.88. The summed E-state index contributed by atoms with van der Waals surface area (Å²) in [6.07, 6.45) is 1.67. The molecule has 0 saturated heterocycles. The molecule has 3 nitrogen and oxygen atoms in total. The molecule has 0 N–H and O–H groups in total. The second-order valence-corrected chi connectivity index (χ2v) is 7.13. The van der Waals surface area contributed by atoms with Crippen molar-refractivity contribution in [3.63, 3.8) is 0 Å². The molecule has 0 fully saturated rings. The molecule has 1 aliphatic rings. The Morgan fingerprint density at radius 3 is 2.52 bits per heavy atom. The van der Waals surface area contributed by atoms with Crippen molar-refractivity contribution in [2.45, 2.75) is 24.7 Å². The predicted octanol–water partition coefficient (Wildman–Crippen LogP) is 3.28. The first kappa shape index (κ1) is 14.1. The Bertz CT molecular complexity index is 769. The van der Waals surface area contributed by atoms with Gasteiger partial charge in [0.25, 0.3) is 10.0 Å². The van der Waals surface area contributed by atoms with Gasteiger partial charge in [-0.05, 0) is 55.7 Å². The zero-order valence-electron chi connectivity index (χ0n) is 11.7. The van der Waals surface area contributed by atoms with Crippen LogP contribution in [0.25, 0.3) is 0 Å². The van der Waals surface area contributed by atoms with Crippen LogP contribution in [0.15, 0.2) is 47.4 Å². The minimum Gasteiger partial charge on any atom is -0.266 e. The first-order valence-electron chi connectivity index (χ1n) is 6.86. The zero-order valence-corrected chi connectivity index (χ0v) is 12.5. The van der Waals surface area contributed by atoms with Crippen LogP contribution < -0.4 is 4.31 Å². The molecule has 0 saturated carbocycles. The average molecular weight is 305 g/mol. The summed E-state index contributed by atoms with van der Waals surface area (Å²) in [5.41, 5.74) is 2.90. The lowest BCUT2D eigenvalue weighted by atomic mass is 10.0. The Morgan fingerprint density at radius 1 is 1.10 bits per heavy atom. The van der Waals surface area contributed by atoms with Gasteiger partial charge in [-0.2, -0.15) is 0 Å². The number of anilines is 1. The topological polar surface area (TPSA) is 37.4 Å². The van der Waals surface area contributed by atoms with Crippen LogP contribution in [-0.2, 0) is 16.4 Å². The molecule has 0 unspecified atom stereocenters. The van der Waals surface area contributed by atoms with Crippen LogP contribution in [0.5, 0.6) is 0 Å². The first-order chi connectivity index (χ1) is 9.98. The van der Waals surface area contributed by atoms with Crippen molar-refractivity contribution in [2.24, 2.45) is 0 Å². The molecule has 2 aromatic carbocycles. The van der Waals surface area contributed by atoms with E-state index in [1.54, 1.807) is 0 Å². The summed E-state index contributed by atoms with van der Waals surface area (Å²) in [5.74, 6) is -0.441. The van der Waals surface area contributed by atoms with Crippen LogP contribution >= 0.6 is 0 Å². The molecule has 1 heterocycles. The maximum atomic E-state index is 13.0. The van der Waals surface area contributed by atoms with E-state index < -0.39 is 15.8 Å². The molecule has 0 spiro atoms. The Balaban J connectivity index is 2.07. The lowest BCUT2D eigenvalue weighted by molar-refractivity contribution is 0.585. The van der Waals surface area contributed by atoms with E-state index in [9.17, 15) is 12.8 Å². The lowest BCUT2D eigenvalue weighted by Gasteiger charge is -2.30. The summed E-state index contributed by atoms with van der Waals surface area (Å²) in [5, 5.41) is 0. The quantitative estimate of drug-likeness (QED) is 0.854. The van der Waals surface area contributed by atoms with E-state index in [1.165, 1.54) is 28.6 Å². The van der Waals surface area contributed by atoms with Crippen molar-refractivity contribution in [3.05, 3.63) is 59.4 Å². The highest BCUT2D eigenvalue weighted by Crippen LogP contribution is 2.32. The van der Waals surface area contributed by atoms with E-state index in [4.69, 9.17) is 0 Å². The number of fused-ring (bicyclic) bond motifs is 1. The number of sulfonamides is 1. The SMILES string of the molecule is Cc1ccc2c(c1)CCCN2S(=O)(=O)c1ccc(F)cc1. The zero-order chi connectivity index (χ0) is 15.0. The Kier molecular flexibility index (Phi) is 3.45. The minimum absolute atomic E-state index is 0.123. The molecule has 21 heavy (non-hydrogen) atoms. The second-order valence-electron chi connectivity index (χ2n) is 5.27. The van der Waals surface area contributed by atoms with Crippen molar-refractivity contribution < 1.29 is 12.8 Å². The number of benzene rings is 2. The molecular weight excluding hydrogens is 289 g/mol. The van der Waals surface area contributed by atoms with Gasteiger partial charge in [0.15, 0.2) is 0 Å². The number of rotatable bonds is 2. The number of aryl methyl sites for hydroxylation is 2. The van der Waals surface area contributed by atoms with Gasteiger partial charge in [-0.15, -0.1) is 0 Å². The van der Waals surface area contributed by atoms with E-state index in [0.717, 1.165) is 29.7 Å². The highest BCUT2D eigenvalue weighted by atomic mass is 32.2. The van der Waals surface area contributed by atoms with Crippen LogP contribution in [0.4, 0.5) is 10.1 Å². The lowest BCUT2D eigenvalue weighted by Crippen LogP contribution is -2.35. The van der Waals surface area contributed by atoms with E-state index >= 15 is 0 Å². The molecule has 0 aromatic heterocycles. The fraction of sp³-hybridized carbons (Fsp3) is 0.250. The van der Waals surface area contributed by atoms with Crippen LogP contribution in [0, 0.1) is 12.7 Å². The molecule has 2 aromatic rings. The third kappa shape index (κ3) is 2.53. The number of hydrogen-bond donors (Lipinski definition) is 0. The van der Waals surface area contributed by atoms with Gasteiger partial charge in [-0.25, -0.2) is 12.8 Å². The van der Waals surface area contributed by atoms with Crippen LogP contribution in [0.3, 0.4) is 0 Å². The van der Waals surface area contributed by atoms with Crippen LogP contribution in [0.1, 0.15) is 17.5 Å². The number of hydrogen-bond acceptors (Lipinski definition) is 2. The number of halogens is 1. The highest BCUT2D eigenvalue weighted by molar-refractivity contribution is 7.92. The third-order valence-electron chi connectivity index (χ3n) is 3.71. The van der Waals surface area contributed by atoms with E-state index in [2.05, 4.69) is 0 Å². The van der Waals surface area contributed by atoms with Crippen molar-refractivity contribution in [1.82, 2.24) is 0 Å². The maximum Gasteiger partial charge on any atom is 0.264 e. The Labute approximate surface area is 124 Å². The molecule has 0 bridgehead atoms. The predicted molar refractivity (Wildman–Crippen MR) is 80.4 cm³/mol. The average Bonchev–Trinajstić information content (AvgIpc) is 2.46. The second kappa shape index (κ2) is 5.15. The molecule has 0 radical (unpaired) electrons. The fourth-order valence-corrected chi connectivity index (χ4v) is 4.22. The molecule has 5 heteroatoms. The smallest absolute Gasteiger partial charge is 0.264 e. The van der Waals surface area contributed by atoms with Crippen molar-refractivity contribution >= 4 is 15.7 Å². The summed E-state index contributed by atoms with van der Waals surface area (Å²) in [4.78, 5) is 0.123. The summed E-state index contributed by atoms with van der Waals surface area (Å²) >= 11 is 0. The molecule has 0 amide bonds. The fourth-order valence-electron chi connectivity index (χ4n) is 2.67. The molecule has 1 aliphatic heterocycles. The molecule has 0 atom stereocenters. The molecule has 3 rings (SSSR count). The van der Waals surface area contributed by atoms with Gasteiger partial charge in [0.1, 0.15) is 5.82 Å². The monoisotopic (exact) mass is 305 g/mol. The molecule has 0 aliphatic carbocycles. The maximum absolute atomic E-state index is 13.0. The standard InChI is InChI=1S/C16H16FNO2S/c1-12-4-9-16-13(11-12)3-2-10-18(16)21(19,20)15-7-5-14(17)6-8-15/h4-9,11H,2-3,10H2,1H3. The van der Waals surface area contributed by atoms with E-state index in [0.29, 0.717) is 6.54 Å². The van der Waals surface area contributed by atoms with Gasteiger partial charge < -0.3 is 0 Å². The highest BCUT2D eigenvalue weighted by Gasteiger charge is 2.28. The Morgan fingerprint density at radius 2 is 1.81 bits per heavy atom. The van der Waals surface area contributed by atoms with Gasteiger partial charge >= 0.3 is 0 Å². The van der Waals surface area contributed by atoms with Crippen LogP contribution in [0.2, 0.25) is 0 Å². The van der Waals surface area contributed by atoms with Gasteiger partial charge in [0, 0.05) is 6.54 Å². The van der Waals surface area contributed by atoms with Gasteiger partial charge in [-0.3, -0.25) is 4.31 Å². The summed E-state index contributed by atoms with van der Waals surface area (Å²) in [6.45, 7) is 2.45. The summed E-state index contributed by atoms with van der Waals surface area (Å²) in [7, 11) is -3.64. The summed E-state index contributed by atoms with van der Waals surface area (Å²) in [6, 6.07) is 10.8. The van der Waals surface area contributed by atoms with E-state index in [1.807, 2.05) is 25.1 Å². The summed E-state index contributed by atoms with van der Waals surface area (Å²) < 4.78 is 39.9.